The molecular formula is C18H21Cl2N3O3S2. The summed E-state index contributed by atoms with van der Waals surface area (Å²) in [7, 11) is -3.73. The molecule has 152 valence electrons. The zero-order valence-electron chi connectivity index (χ0n) is 15.3. The van der Waals surface area contributed by atoms with Crippen LogP contribution in [0.25, 0.3) is 0 Å². The van der Waals surface area contributed by atoms with Crippen molar-refractivity contribution in [1.29, 1.82) is 0 Å². The highest BCUT2D eigenvalue weighted by Crippen LogP contribution is 2.31. The molecule has 1 aliphatic heterocycles. The molecule has 1 amide bonds. The molecule has 28 heavy (non-hydrogen) atoms. The summed E-state index contributed by atoms with van der Waals surface area (Å²) in [5.74, 6) is -0.0670. The van der Waals surface area contributed by atoms with Crippen LogP contribution in [0.15, 0.2) is 40.6 Å². The summed E-state index contributed by atoms with van der Waals surface area (Å²) in [5, 5.41) is 5.14. The van der Waals surface area contributed by atoms with E-state index in [1.165, 1.54) is 10.4 Å². The van der Waals surface area contributed by atoms with Crippen molar-refractivity contribution in [2.45, 2.75) is 24.4 Å². The third-order valence-corrected chi connectivity index (χ3v) is 8.50. The summed E-state index contributed by atoms with van der Waals surface area (Å²) in [5.41, 5.74) is 0. The average molecular weight is 462 g/mol. The highest BCUT2D eigenvalue weighted by Gasteiger charge is 2.33. The number of thiophene rings is 1. The predicted octanol–water partition coefficient (Wildman–Crippen LogP) is 3.07. The number of halogens is 2. The number of hydrogen-bond donors (Lipinski definition) is 1. The Bertz CT molecular complexity index is 928. The van der Waals surface area contributed by atoms with Crippen molar-refractivity contribution >= 4 is 50.5 Å². The smallest absolute Gasteiger partial charge is 0.244 e. The van der Waals surface area contributed by atoms with Crippen LogP contribution >= 0.6 is 34.5 Å². The maximum Gasteiger partial charge on any atom is 0.244 e. The largest absolute Gasteiger partial charge is 0.350 e. The first-order valence-corrected chi connectivity index (χ1v) is 11.9. The van der Waals surface area contributed by atoms with Gasteiger partial charge in [0.15, 0.2) is 0 Å². The lowest BCUT2D eigenvalue weighted by Crippen LogP contribution is -2.54. The van der Waals surface area contributed by atoms with Gasteiger partial charge >= 0.3 is 0 Å². The molecule has 6 nitrogen and oxygen atoms in total. The number of piperazine rings is 1. The first-order chi connectivity index (χ1) is 13.3. The topological polar surface area (TPSA) is 69.7 Å². The molecule has 1 N–H and O–H groups in total. The van der Waals surface area contributed by atoms with E-state index in [-0.39, 0.29) is 40.0 Å². The van der Waals surface area contributed by atoms with E-state index in [1.807, 2.05) is 29.3 Å². The van der Waals surface area contributed by atoms with Crippen molar-refractivity contribution in [3.8, 4) is 0 Å². The number of sulfonamides is 1. The molecule has 1 aliphatic rings. The van der Waals surface area contributed by atoms with Crippen LogP contribution in [0.5, 0.6) is 0 Å². The Morgan fingerprint density at radius 1 is 1.18 bits per heavy atom. The second kappa shape index (κ2) is 9.11. The van der Waals surface area contributed by atoms with Crippen molar-refractivity contribution in [2.75, 3.05) is 26.2 Å². The Hall–Kier alpha value is -1.16. The van der Waals surface area contributed by atoms with Gasteiger partial charge in [0.05, 0.1) is 22.6 Å². The molecule has 3 rings (SSSR count). The molecule has 2 aromatic rings. The lowest BCUT2D eigenvalue weighted by atomic mass is 10.2. The van der Waals surface area contributed by atoms with Gasteiger partial charge in [-0.25, -0.2) is 8.42 Å². The summed E-state index contributed by atoms with van der Waals surface area (Å²) >= 11 is 13.6. The summed E-state index contributed by atoms with van der Waals surface area (Å²) < 4.78 is 27.2. The fourth-order valence-electron chi connectivity index (χ4n) is 3.05. The summed E-state index contributed by atoms with van der Waals surface area (Å²) in [6, 6.07) is 8.16. The maximum absolute atomic E-state index is 12.9. The molecule has 0 aliphatic carbocycles. The lowest BCUT2D eigenvalue weighted by Gasteiger charge is -2.36. The van der Waals surface area contributed by atoms with Gasteiger partial charge in [-0.05, 0) is 30.5 Å². The van der Waals surface area contributed by atoms with Gasteiger partial charge < -0.3 is 5.32 Å². The first kappa shape index (κ1) is 21.5. The van der Waals surface area contributed by atoms with Gasteiger partial charge in [-0.3, -0.25) is 9.69 Å². The molecule has 1 unspecified atom stereocenters. The van der Waals surface area contributed by atoms with Gasteiger partial charge in [0.1, 0.15) is 4.90 Å². The second-order valence-electron chi connectivity index (χ2n) is 6.47. The molecule has 2 heterocycles. The Labute approximate surface area is 179 Å². The van der Waals surface area contributed by atoms with Gasteiger partial charge in [0.2, 0.25) is 15.9 Å². The minimum absolute atomic E-state index is 0.0110. The maximum atomic E-state index is 12.9. The highest BCUT2D eigenvalue weighted by molar-refractivity contribution is 7.89. The van der Waals surface area contributed by atoms with Crippen LogP contribution < -0.4 is 5.32 Å². The normalized spacial score (nSPS) is 17.4. The monoisotopic (exact) mass is 461 g/mol. The van der Waals surface area contributed by atoms with Crippen LogP contribution in [-0.2, 0) is 21.4 Å². The number of nitrogens with one attached hydrogen (secondary N) is 1. The van der Waals surface area contributed by atoms with Crippen LogP contribution in [0, 0.1) is 0 Å². The number of benzene rings is 1. The molecule has 0 saturated carbocycles. The number of nitrogens with zero attached hydrogens (tertiary/aromatic N) is 2. The van der Waals surface area contributed by atoms with E-state index in [0.29, 0.717) is 19.6 Å². The van der Waals surface area contributed by atoms with E-state index in [4.69, 9.17) is 23.2 Å². The Balaban J connectivity index is 1.59. The van der Waals surface area contributed by atoms with Crippen molar-refractivity contribution in [1.82, 2.24) is 14.5 Å². The van der Waals surface area contributed by atoms with E-state index >= 15 is 0 Å². The fourth-order valence-corrected chi connectivity index (χ4v) is 5.86. The Morgan fingerprint density at radius 3 is 2.54 bits per heavy atom. The molecule has 1 fully saturated rings. The molecule has 1 atom stereocenters. The van der Waals surface area contributed by atoms with Gasteiger partial charge in [0.25, 0.3) is 0 Å². The fraction of sp³-hybridized carbons (Fsp3) is 0.389. The highest BCUT2D eigenvalue weighted by atomic mass is 35.5. The Morgan fingerprint density at radius 2 is 1.89 bits per heavy atom. The molecular weight excluding hydrogens is 441 g/mol. The van der Waals surface area contributed by atoms with Gasteiger partial charge in [0, 0.05) is 31.1 Å². The molecule has 1 aromatic carbocycles. The first-order valence-electron chi connectivity index (χ1n) is 8.79. The van der Waals surface area contributed by atoms with Crippen LogP contribution in [-0.4, -0.2) is 55.8 Å². The number of carbonyl (C=O) groups is 1. The number of amides is 1. The van der Waals surface area contributed by atoms with Crippen molar-refractivity contribution in [2.24, 2.45) is 0 Å². The quantitative estimate of drug-likeness (QED) is 0.717. The molecule has 1 aromatic heterocycles. The molecule has 10 heteroatoms. The summed E-state index contributed by atoms with van der Waals surface area (Å²) in [6.07, 6.45) is 0. The number of hydrogen-bond acceptors (Lipinski definition) is 5. The third kappa shape index (κ3) is 4.69. The number of rotatable bonds is 6. The SMILES string of the molecule is CC(C(=O)NCc1cccs1)N1CCN(S(=O)(=O)c2cccc(Cl)c2Cl)CC1. The van der Waals surface area contributed by atoms with E-state index in [0.717, 1.165) is 4.88 Å². The van der Waals surface area contributed by atoms with Crippen molar-refractivity contribution in [3.63, 3.8) is 0 Å². The minimum Gasteiger partial charge on any atom is -0.350 e. The van der Waals surface area contributed by atoms with E-state index < -0.39 is 10.0 Å². The lowest BCUT2D eigenvalue weighted by molar-refractivity contribution is -0.126. The molecule has 0 radical (unpaired) electrons. The molecule has 1 saturated heterocycles. The van der Waals surface area contributed by atoms with E-state index in [1.54, 1.807) is 23.5 Å². The van der Waals surface area contributed by atoms with Gasteiger partial charge in [-0.2, -0.15) is 4.31 Å². The molecule has 0 bridgehead atoms. The van der Waals surface area contributed by atoms with Crippen molar-refractivity contribution < 1.29 is 13.2 Å². The van der Waals surface area contributed by atoms with Gasteiger partial charge in [-0.1, -0.05) is 35.3 Å². The van der Waals surface area contributed by atoms with E-state index in [2.05, 4.69) is 5.32 Å². The third-order valence-electron chi connectivity index (χ3n) is 4.75. The average Bonchev–Trinajstić information content (AvgIpc) is 3.21. The van der Waals surface area contributed by atoms with Crippen LogP contribution in [0.1, 0.15) is 11.8 Å². The predicted molar refractivity (Wildman–Crippen MR) is 112 cm³/mol. The van der Waals surface area contributed by atoms with Crippen LogP contribution in [0.4, 0.5) is 0 Å². The van der Waals surface area contributed by atoms with E-state index in [9.17, 15) is 13.2 Å². The van der Waals surface area contributed by atoms with Crippen molar-refractivity contribution in [3.05, 3.63) is 50.6 Å². The number of carbonyl (C=O) groups excluding carboxylic acids is 1. The summed E-state index contributed by atoms with van der Waals surface area (Å²) in [4.78, 5) is 15.5. The van der Waals surface area contributed by atoms with Crippen LogP contribution in [0.3, 0.4) is 0 Å². The zero-order valence-corrected chi connectivity index (χ0v) is 18.4. The molecule has 0 spiro atoms. The summed E-state index contributed by atoms with van der Waals surface area (Å²) in [6.45, 7) is 3.83. The zero-order chi connectivity index (χ0) is 20.3. The second-order valence-corrected chi connectivity index (χ2v) is 10.2. The van der Waals surface area contributed by atoms with Crippen LogP contribution in [0.2, 0.25) is 10.0 Å². The Kier molecular flexibility index (Phi) is 7.01. The standard InChI is InChI=1S/C18H21Cl2N3O3S2/c1-13(18(24)21-12-14-4-3-11-27-14)22-7-9-23(10-8-22)28(25,26)16-6-2-5-15(19)17(16)20/h2-6,11,13H,7-10,12H2,1H3,(H,21,24). The van der Waals surface area contributed by atoms with Gasteiger partial charge in [-0.15, -0.1) is 11.3 Å². The minimum atomic E-state index is -3.73.